The molecule has 0 N–H and O–H groups in total. The number of hydrogen-bond donors (Lipinski definition) is 0. The summed E-state index contributed by atoms with van der Waals surface area (Å²) < 4.78 is 12.7. The van der Waals surface area contributed by atoms with Gasteiger partial charge < -0.3 is 14.4 Å². The van der Waals surface area contributed by atoms with E-state index < -0.39 is 0 Å². The molecule has 118 valence electrons. The van der Waals surface area contributed by atoms with Gasteiger partial charge in [0.05, 0.1) is 6.61 Å². The molecule has 7 heteroatoms. The van der Waals surface area contributed by atoms with Gasteiger partial charge in [-0.1, -0.05) is 0 Å². The van der Waals surface area contributed by atoms with E-state index >= 15 is 0 Å². The van der Waals surface area contributed by atoms with Crippen molar-refractivity contribution in [2.24, 2.45) is 0 Å². The summed E-state index contributed by atoms with van der Waals surface area (Å²) in [6.45, 7) is 7.29. The molecule has 1 aliphatic heterocycles. The van der Waals surface area contributed by atoms with Crippen LogP contribution in [0.5, 0.6) is 0 Å². The number of rotatable bonds is 6. The summed E-state index contributed by atoms with van der Waals surface area (Å²) in [7, 11) is 1.93. The van der Waals surface area contributed by atoms with Crippen molar-refractivity contribution in [3.63, 3.8) is 0 Å². The van der Waals surface area contributed by atoms with E-state index in [0.717, 1.165) is 5.75 Å². The summed E-state index contributed by atoms with van der Waals surface area (Å²) in [5, 5.41) is 0. The molecule has 1 aromatic heterocycles. The number of nitrogens with zero attached hydrogens (tertiary/aromatic N) is 3. The van der Waals surface area contributed by atoms with Crippen LogP contribution in [0.1, 0.15) is 27.0 Å². The average Bonchev–Trinajstić information content (AvgIpc) is 2.92. The lowest BCUT2D eigenvalue weighted by atomic mass is 10.3. The third kappa shape index (κ3) is 3.99. The second-order valence-corrected chi connectivity index (χ2v) is 6.39. The molecule has 2 rings (SSSR count). The molecular formula is C14H23N3O3S. The molecule has 0 unspecified atom stereocenters. The molecule has 1 aliphatic rings. The molecule has 21 heavy (non-hydrogen) atoms. The fourth-order valence-electron chi connectivity index (χ4n) is 1.97. The Kier molecular flexibility index (Phi) is 5.66. The van der Waals surface area contributed by atoms with E-state index in [1.165, 1.54) is 0 Å². The monoisotopic (exact) mass is 313 g/mol. The van der Waals surface area contributed by atoms with Crippen LogP contribution in [0, 0.1) is 0 Å². The van der Waals surface area contributed by atoms with E-state index in [-0.39, 0.29) is 17.4 Å². The van der Waals surface area contributed by atoms with Crippen molar-refractivity contribution in [2.75, 3.05) is 30.9 Å². The summed E-state index contributed by atoms with van der Waals surface area (Å²) in [6, 6.07) is 2.15. The van der Waals surface area contributed by atoms with Crippen molar-refractivity contribution in [1.82, 2.24) is 9.55 Å². The number of thioether (sulfide) groups is 1. The minimum atomic E-state index is -0.275. The van der Waals surface area contributed by atoms with Crippen molar-refractivity contribution in [3.8, 4) is 0 Å². The van der Waals surface area contributed by atoms with Crippen molar-refractivity contribution in [3.05, 3.63) is 22.7 Å². The van der Waals surface area contributed by atoms with Gasteiger partial charge in [-0.3, -0.25) is 4.57 Å². The predicted octanol–water partition coefficient (Wildman–Crippen LogP) is 1.71. The van der Waals surface area contributed by atoms with Gasteiger partial charge in [-0.15, -0.1) is 11.8 Å². The van der Waals surface area contributed by atoms with E-state index in [2.05, 4.69) is 18.8 Å². The first kappa shape index (κ1) is 16.3. The van der Waals surface area contributed by atoms with Crippen LogP contribution in [0.25, 0.3) is 0 Å². The Balaban J connectivity index is 2.07. The van der Waals surface area contributed by atoms with Gasteiger partial charge in [-0.25, -0.2) is 4.79 Å². The van der Waals surface area contributed by atoms with Crippen LogP contribution < -0.4 is 10.6 Å². The zero-order valence-electron chi connectivity index (χ0n) is 13.0. The Morgan fingerprint density at radius 2 is 2.38 bits per heavy atom. The minimum Gasteiger partial charge on any atom is -0.378 e. The Labute approximate surface area is 129 Å². The first-order valence-corrected chi connectivity index (χ1v) is 8.24. The summed E-state index contributed by atoms with van der Waals surface area (Å²) in [5.41, 5.74) is -0.289. The molecule has 1 saturated heterocycles. The highest BCUT2D eigenvalue weighted by molar-refractivity contribution is 8.00. The average molecular weight is 313 g/mol. The molecule has 0 spiro atoms. The molecule has 0 aromatic carbocycles. The van der Waals surface area contributed by atoms with E-state index in [0.29, 0.717) is 25.1 Å². The zero-order valence-corrected chi connectivity index (χ0v) is 13.8. The Morgan fingerprint density at radius 1 is 1.62 bits per heavy atom. The van der Waals surface area contributed by atoms with Crippen molar-refractivity contribution in [1.29, 1.82) is 0 Å². The maximum absolute atomic E-state index is 12.2. The maximum atomic E-state index is 12.2. The number of ether oxygens (including phenoxy) is 2. The van der Waals surface area contributed by atoms with Crippen molar-refractivity contribution >= 4 is 17.6 Å². The quantitative estimate of drug-likeness (QED) is 0.797. The van der Waals surface area contributed by atoms with Crippen molar-refractivity contribution in [2.45, 2.75) is 38.5 Å². The van der Waals surface area contributed by atoms with Crippen LogP contribution >= 0.6 is 11.8 Å². The van der Waals surface area contributed by atoms with E-state index in [1.54, 1.807) is 22.5 Å². The lowest BCUT2D eigenvalue weighted by Gasteiger charge is -2.23. The second kappa shape index (κ2) is 7.29. The largest absolute Gasteiger partial charge is 0.378 e. The van der Waals surface area contributed by atoms with E-state index in [4.69, 9.17) is 9.47 Å². The van der Waals surface area contributed by atoms with E-state index in [9.17, 15) is 4.79 Å². The van der Waals surface area contributed by atoms with Crippen LogP contribution in [0.15, 0.2) is 17.1 Å². The normalized spacial score (nSPS) is 22.0. The Morgan fingerprint density at radius 3 is 3.00 bits per heavy atom. The first-order valence-electron chi connectivity index (χ1n) is 7.19. The van der Waals surface area contributed by atoms with Gasteiger partial charge in [0.25, 0.3) is 0 Å². The Bertz CT molecular complexity index is 520. The van der Waals surface area contributed by atoms with Crippen LogP contribution in [-0.4, -0.2) is 47.0 Å². The molecule has 0 aliphatic carbocycles. The van der Waals surface area contributed by atoms with Crippen LogP contribution in [0.2, 0.25) is 0 Å². The van der Waals surface area contributed by atoms with Gasteiger partial charge in [0.15, 0.2) is 0 Å². The topological polar surface area (TPSA) is 56.6 Å². The molecular weight excluding hydrogens is 290 g/mol. The molecule has 1 aromatic rings. The lowest BCUT2D eigenvalue weighted by Crippen LogP contribution is -2.33. The lowest BCUT2D eigenvalue weighted by molar-refractivity contribution is -0.0226. The number of anilines is 1. The second-order valence-electron chi connectivity index (χ2n) is 5.19. The Hall–Kier alpha value is -1.05. The predicted molar refractivity (Wildman–Crippen MR) is 84.9 cm³/mol. The molecule has 0 radical (unpaired) electrons. The molecule has 0 bridgehead atoms. The summed E-state index contributed by atoms with van der Waals surface area (Å²) in [6.07, 6.45) is 1.50. The number of hydrogen-bond acceptors (Lipinski definition) is 6. The fourth-order valence-corrected chi connectivity index (χ4v) is 2.99. The van der Waals surface area contributed by atoms with Crippen LogP contribution in [-0.2, 0) is 9.47 Å². The third-order valence-electron chi connectivity index (χ3n) is 3.45. The standard InChI is InChI=1S/C14H23N3O3S/c1-5-19-8-13-20-12(9-21-13)17-7-6-11(15-14(17)18)16(4)10(2)3/h6-7,10,12-13H,5,8-9H2,1-4H3/t12-,13+/m1/s1. The fraction of sp³-hybridized carbons (Fsp3) is 0.714. The van der Waals surface area contributed by atoms with Crippen LogP contribution in [0.3, 0.4) is 0 Å². The number of aromatic nitrogens is 2. The smallest absolute Gasteiger partial charge is 0.351 e. The summed E-state index contributed by atoms with van der Waals surface area (Å²) in [5.74, 6) is 1.42. The van der Waals surface area contributed by atoms with Crippen LogP contribution in [0.4, 0.5) is 5.82 Å². The molecule has 0 amide bonds. The van der Waals surface area contributed by atoms with Gasteiger partial charge in [-0.2, -0.15) is 4.98 Å². The van der Waals surface area contributed by atoms with Crippen molar-refractivity contribution < 1.29 is 9.47 Å². The first-order chi connectivity index (χ1) is 10.0. The van der Waals surface area contributed by atoms with Gasteiger partial charge in [-0.05, 0) is 26.8 Å². The highest BCUT2D eigenvalue weighted by atomic mass is 32.2. The third-order valence-corrected chi connectivity index (χ3v) is 4.55. The van der Waals surface area contributed by atoms with Gasteiger partial charge in [0.1, 0.15) is 17.5 Å². The van der Waals surface area contributed by atoms with Gasteiger partial charge in [0, 0.05) is 31.6 Å². The molecule has 2 heterocycles. The molecule has 1 fully saturated rings. The zero-order chi connectivity index (χ0) is 15.4. The summed E-state index contributed by atoms with van der Waals surface area (Å²) in [4.78, 5) is 18.3. The summed E-state index contributed by atoms with van der Waals surface area (Å²) >= 11 is 1.66. The minimum absolute atomic E-state index is 0.0140. The molecule has 2 atom stereocenters. The highest BCUT2D eigenvalue weighted by Gasteiger charge is 2.28. The molecule has 0 saturated carbocycles. The molecule has 6 nitrogen and oxygen atoms in total. The van der Waals surface area contributed by atoms with E-state index in [1.807, 2.05) is 24.9 Å². The highest BCUT2D eigenvalue weighted by Crippen LogP contribution is 2.31. The van der Waals surface area contributed by atoms with Gasteiger partial charge >= 0.3 is 5.69 Å². The SMILES string of the molecule is CCOC[C@H]1O[C@@H](n2ccc(N(C)C(C)C)nc2=O)CS1. The van der Waals surface area contributed by atoms with Gasteiger partial charge in [0.2, 0.25) is 0 Å². The maximum Gasteiger partial charge on any atom is 0.351 e.